The predicted molar refractivity (Wildman–Crippen MR) is 159 cm³/mol. The van der Waals surface area contributed by atoms with Gasteiger partial charge < -0.3 is 0 Å². The van der Waals surface area contributed by atoms with Gasteiger partial charge in [-0.3, -0.25) is 0 Å². The minimum absolute atomic E-state index is 0.0128. The highest BCUT2D eigenvalue weighted by molar-refractivity contribution is 6.07. The number of halogens is 6. The van der Waals surface area contributed by atoms with Crippen LogP contribution >= 0.6 is 0 Å². The highest BCUT2D eigenvalue weighted by Gasteiger charge is 2.38. The van der Waals surface area contributed by atoms with Gasteiger partial charge in [-0.2, -0.15) is 21.0 Å². The van der Waals surface area contributed by atoms with Crippen molar-refractivity contribution in [1.82, 2.24) is 9.97 Å². The zero-order valence-corrected chi connectivity index (χ0v) is 24.1. The maximum absolute atomic E-state index is 14.3. The van der Waals surface area contributed by atoms with Gasteiger partial charge in [0.15, 0.2) is 29.5 Å². The van der Waals surface area contributed by atoms with Gasteiger partial charge in [-0.05, 0) is 58.4 Å². The van der Waals surface area contributed by atoms with Crippen molar-refractivity contribution < 1.29 is 26.3 Å². The second-order valence-electron chi connectivity index (χ2n) is 11.2. The summed E-state index contributed by atoms with van der Waals surface area (Å²) in [5.41, 5.74) is 2.15. The number of fused-ring (bicyclic) bond motifs is 6. The smallest absolute Gasteiger partial charge is 0.194 e. The molecule has 0 N–H and O–H groups in total. The summed E-state index contributed by atoms with van der Waals surface area (Å²) in [5.74, 6) is -7.81. The van der Waals surface area contributed by atoms with E-state index in [0.29, 0.717) is 22.3 Å². The third-order valence-corrected chi connectivity index (χ3v) is 8.67. The minimum atomic E-state index is -2.12. The first-order chi connectivity index (χ1) is 23.1. The number of hydrogen-bond acceptors (Lipinski definition) is 6. The first-order valence-electron chi connectivity index (χ1n) is 14.2. The number of rotatable bonds is 2. The monoisotopic (exact) mass is 644 g/mol. The van der Waals surface area contributed by atoms with Gasteiger partial charge in [-0.1, -0.05) is 30.3 Å². The lowest BCUT2D eigenvalue weighted by Crippen LogP contribution is -2.16. The van der Waals surface area contributed by atoms with Gasteiger partial charge >= 0.3 is 0 Å². The SMILES string of the molecule is N#CC(C#N)=C1c2cc(-c3cc(F)c(F)c(F)c3)ccc2-c2nc3c(nc21)-c1ccc(C2CC(F)=C(F)C(F)C2)cc1C3=C(C#N)C#N. The van der Waals surface area contributed by atoms with E-state index < -0.39 is 41.2 Å². The quantitative estimate of drug-likeness (QED) is 0.106. The number of alkyl halides is 1. The average Bonchev–Trinajstić information content (AvgIpc) is 3.57. The molecule has 3 aromatic carbocycles. The Balaban J connectivity index is 1.44. The van der Waals surface area contributed by atoms with Gasteiger partial charge in [0.25, 0.3) is 0 Å². The predicted octanol–water partition coefficient (Wildman–Crippen LogP) is 8.59. The molecule has 0 saturated heterocycles. The standard InChI is InChI=1S/C36H14F6N6/c37-25-7-17(8-26(38)31(25)41)15-1-3-21-23(5-15)29(19(11-43)12-44)35-33(21)47-36-30(20(13-45)14-46)24-6-16(2-4-22(24)34(36)48-35)18-9-27(39)32(42)28(40)10-18/h1-8,18,27H,9-10H2. The molecule has 2 atom stereocenters. The van der Waals surface area contributed by atoms with Crippen LogP contribution in [0.4, 0.5) is 26.3 Å². The third-order valence-electron chi connectivity index (χ3n) is 8.67. The average molecular weight is 645 g/mol. The van der Waals surface area contributed by atoms with E-state index in [2.05, 4.69) is 0 Å². The van der Waals surface area contributed by atoms with Crippen molar-refractivity contribution in [2.75, 3.05) is 0 Å². The molecular weight excluding hydrogens is 630 g/mol. The van der Waals surface area contributed by atoms with E-state index in [4.69, 9.17) is 9.97 Å². The largest absolute Gasteiger partial charge is 0.243 e. The van der Waals surface area contributed by atoms with Crippen molar-refractivity contribution >= 4 is 11.1 Å². The summed E-state index contributed by atoms with van der Waals surface area (Å²) in [6.45, 7) is 0. The normalized spacial score (nSPS) is 17.0. The molecule has 1 heterocycles. The molecule has 1 aromatic heterocycles. The first-order valence-corrected chi connectivity index (χ1v) is 14.2. The number of hydrogen-bond donors (Lipinski definition) is 0. The van der Waals surface area contributed by atoms with Gasteiger partial charge in [0.1, 0.15) is 52.6 Å². The second kappa shape index (κ2) is 11.1. The van der Waals surface area contributed by atoms with Crippen LogP contribution in [0.3, 0.4) is 0 Å². The Labute approximate surface area is 268 Å². The molecule has 48 heavy (non-hydrogen) atoms. The summed E-state index contributed by atoms with van der Waals surface area (Å²) in [5, 5.41) is 39.6. The lowest BCUT2D eigenvalue weighted by Gasteiger charge is -2.24. The van der Waals surface area contributed by atoms with E-state index in [1.54, 1.807) is 18.2 Å². The van der Waals surface area contributed by atoms with Gasteiger partial charge in [0, 0.05) is 28.7 Å². The van der Waals surface area contributed by atoms with Gasteiger partial charge in [0.05, 0.1) is 11.4 Å². The lowest BCUT2D eigenvalue weighted by atomic mass is 9.84. The molecule has 0 saturated carbocycles. The third kappa shape index (κ3) is 4.39. The molecule has 0 amide bonds. The van der Waals surface area contributed by atoms with Crippen LogP contribution in [0.2, 0.25) is 0 Å². The molecule has 3 aliphatic rings. The Morgan fingerprint density at radius 1 is 0.625 bits per heavy atom. The Kier molecular flexibility index (Phi) is 6.97. The molecule has 0 fully saturated rings. The number of nitrogens with zero attached hydrogens (tertiary/aromatic N) is 6. The van der Waals surface area contributed by atoms with Gasteiger partial charge in [-0.25, -0.2) is 36.3 Å². The molecule has 3 aliphatic carbocycles. The van der Waals surface area contributed by atoms with E-state index in [-0.39, 0.29) is 74.6 Å². The van der Waals surface area contributed by atoms with Crippen LogP contribution in [-0.2, 0) is 0 Å². The molecule has 230 valence electrons. The molecule has 2 unspecified atom stereocenters. The zero-order chi connectivity index (χ0) is 34.0. The maximum atomic E-state index is 14.3. The van der Waals surface area contributed by atoms with Crippen LogP contribution in [-0.4, -0.2) is 16.1 Å². The van der Waals surface area contributed by atoms with Crippen molar-refractivity contribution in [3.63, 3.8) is 0 Å². The fourth-order valence-electron chi connectivity index (χ4n) is 6.46. The Morgan fingerprint density at radius 3 is 1.67 bits per heavy atom. The van der Waals surface area contributed by atoms with Crippen LogP contribution in [0.25, 0.3) is 44.8 Å². The fraction of sp³-hybridized carbons (Fsp3) is 0.111. The topological polar surface area (TPSA) is 121 Å². The van der Waals surface area contributed by atoms with E-state index in [1.807, 2.05) is 24.3 Å². The van der Waals surface area contributed by atoms with Crippen molar-refractivity contribution in [2.45, 2.75) is 24.9 Å². The van der Waals surface area contributed by atoms with Crippen LogP contribution in [0.15, 0.2) is 71.3 Å². The molecule has 0 aliphatic heterocycles. The van der Waals surface area contributed by atoms with Crippen LogP contribution < -0.4 is 0 Å². The summed E-state index contributed by atoms with van der Waals surface area (Å²) in [4.78, 5) is 9.57. The van der Waals surface area contributed by atoms with Crippen molar-refractivity contribution in [3.8, 4) is 57.9 Å². The fourth-order valence-corrected chi connectivity index (χ4v) is 6.46. The van der Waals surface area contributed by atoms with E-state index >= 15 is 0 Å². The molecular formula is C36H14F6N6. The van der Waals surface area contributed by atoms with Gasteiger partial charge in [-0.15, -0.1) is 0 Å². The first kappa shape index (κ1) is 30.2. The summed E-state index contributed by atoms with van der Waals surface area (Å²) in [6.07, 6.45) is -2.81. The van der Waals surface area contributed by atoms with E-state index in [1.165, 1.54) is 18.2 Å². The molecule has 4 aromatic rings. The van der Waals surface area contributed by atoms with Crippen LogP contribution in [0.1, 0.15) is 46.8 Å². The Morgan fingerprint density at radius 2 is 1.15 bits per heavy atom. The molecule has 12 heteroatoms. The van der Waals surface area contributed by atoms with Crippen molar-refractivity contribution in [3.05, 3.63) is 117 Å². The summed E-state index contributed by atoms with van der Waals surface area (Å²) in [7, 11) is 0. The summed E-state index contributed by atoms with van der Waals surface area (Å²) in [6, 6.07) is 18.2. The number of aromatic nitrogens is 2. The molecule has 0 bridgehead atoms. The Hall–Kier alpha value is -6.50. The molecule has 6 nitrogen and oxygen atoms in total. The summed E-state index contributed by atoms with van der Waals surface area (Å²) < 4.78 is 84.1. The highest BCUT2D eigenvalue weighted by Crippen LogP contribution is 2.51. The van der Waals surface area contributed by atoms with E-state index in [9.17, 15) is 47.4 Å². The maximum Gasteiger partial charge on any atom is 0.194 e. The lowest BCUT2D eigenvalue weighted by molar-refractivity contribution is 0.250. The zero-order valence-electron chi connectivity index (χ0n) is 24.1. The summed E-state index contributed by atoms with van der Waals surface area (Å²) >= 11 is 0. The molecule has 0 radical (unpaired) electrons. The number of allylic oxidation sites excluding steroid dienone is 4. The minimum Gasteiger partial charge on any atom is -0.243 e. The van der Waals surface area contributed by atoms with E-state index in [0.717, 1.165) is 12.1 Å². The van der Waals surface area contributed by atoms with Gasteiger partial charge in [0.2, 0.25) is 0 Å². The second-order valence-corrected chi connectivity index (χ2v) is 11.2. The highest BCUT2D eigenvalue weighted by atomic mass is 19.2. The molecule has 7 rings (SSSR count). The van der Waals surface area contributed by atoms with Crippen molar-refractivity contribution in [2.24, 2.45) is 0 Å². The number of benzene rings is 3. The van der Waals surface area contributed by atoms with Crippen LogP contribution in [0.5, 0.6) is 0 Å². The number of nitriles is 4. The van der Waals surface area contributed by atoms with Crippen molar-refractivity contribution in [1.29, 1.82) is 21.0 Å². The van der Waals surface area contributed by atoms with Crippen LogP contribution in [0, 0.1) is 62.8 Å². The Bertz CT molecular complexity index is 2380. The molecule has 0 spiro atoms.